The Morgan fingerprint density at radius 2 is 1.45 bits per heavy atom. The molecule has 0 fully saturated rings. The number of nitrogens with two attached hydrogens (primary N) is 2. The summed E-state index contributed by atoms with van der Waals surface area (Å²) in [6.45, 7) is 0. The molecule has 100 valence electrons. The van der Waals surface area contributed by atoms with Gasteiger partial charge in [0.1, 0.15) is 0 Å². The van der Waals surface area contributed by atoms with Crippen LogP contribution in [0, 0.1) is 0 Å². The van der Waals surface area contributed by atoms with Crippen LogP contribution in [0.15, 0.2) is 54.6 Å². The molecule has 0 aliphatic rings. The van der Waals surface area contributed by atoms with Gasteiger partial charge in [0.15, 0.2) is 5.82 Å². The summed E-state index contributed by atoms with van der Waals surface area (Å²) in [4.78, 5) is 0. The number of H-pyrrole nitrogens is 1. The molecule has 20 heavy (non-hydrogen) atoms. The molecular formula is C15H15N5. The summed E-state index contributed by atoms with van der Waals surface area (Å²) in [5.74, 6) is 0.751. The molecule has 0 amide bonds. The van der Waals surface area contributed by atoms with Gasteiger partial charge in [0, 0.05) is 23.1 Å². The largest absolute Gasteiger partial charge is 0.399 e. The number of hydrogen-bond donors (Lipinski definition) is 4. The van der Waals surface area contributed by atoms with Gasteiger partial charge in [-0.15, -0.1) is 0 Å². The highest BCUT2D eigenvalue weighted by atomic mass is 15.2. The number of nitrogens with zero attached hydrogens (tertiary/aromatic N) is 1. The summed E-state index contributed by atoms with van der Waals surface area (Å²) in [7, 11) is 0. The summed E-state index contributed by atoms with van der Waals surface area (Å²) >= 11 is 0. The van der Waals surface area contributed by atoms with E-state index in [-0.39, 0.29) is 0 Å². The van der Waals surface area contributed by atoms with Crippen LogP contribution in [-0.2, 0) is 0 Å². The predicted octanol–water partition coefficient (Wildman–Crippen LogP) is 2.98. The summed E-state index contributed by atoms with van der Waals surface area (Å²) in [6, 6.07) is 17.1. The van der Waals surface area contributed by atoms with Crippen molar-refractivity contribution in [3.05, 3.63) is 54.6 Å². The fourth-order valence-corrected chi connectivity index (χ4v) is 1.91. The van der Waals surface area contributed by atoms with E-state index in [0.29, 0.717) is 0 Å². The Kier molecular flexibility index (Phi) is 3.01. The van der Waals surface area contributed by atoms with E-state index in [1.807, 2.05) is 54.6 Å². The molecule has 3 rings (SSSR count). The number of benzene rings is 2. The molecule has 0 bridgehead atoms. The van der Waals surface area contributed by atoms with Crippen molar-refractivity contribution in [3.63, 3.8) is 0 Å². The number of nitrogens with one attached hydrogen (secondary N) is 2. The number of rotatable bonds is 3. The Bertz CT molecular complexity index is 698. The fourth-order valence-electron chi connectivity index (χ4n) is 1.91. The van der Waals surface area contributed by atoms with Gasteiger partial charge < -0.3 is 16.8 Å². The van der Waals surface area contributed by atoms with Gasteiger partial charge in [-0.25, -0.2) is 0 Å². The predicted molar refractivity (Wildman–Crippen MR) is 82.6 cm³/mol. The molecule has 6 N–H and O–H groups in total. The summed E-state index contributed by atoms with van der Waals surface area (Å²) < 4.78 is 0. The second-order valence-corrected chi connectivity index (χ2v) is 4.54. The average Bonchev–Trinajstić information content (AvgIpc) is 2.91. The average molecular weight is 265 g/mol. The van der Waals surface area contributed by atoms with E-state index >= 15 is 0 Å². The molecule has 0 saturated carbocycles. The van der Waals surface area contributed by atoms with Crippen molar-refractivity contribution in [2.75, 3.05) is 16.8 Å². The quantitative estimate of drug-likeness (QED) is 0.548. The molecule has 5 nitrogen and oxygen atoms in total. The Labute approximate surface area is 116 Å². The molecule has 3 aromatic rings. The lowest BCUT2D eigenvalue weighted by atomic mass is 10.1. The monoisotopic (exact) mass is 265 g/mol. The molecule has 0 radical (unpaired) electrons. The third kappa shape index (κ3) is 2.56. The molecule has 0 spiro atoms. The first kappa shape index (κ1) is 12.1. The van der Waals surface area contributed by atoms with Gasteiger partial charge in [-0.1, -0.05) is 12.1 Å². The highest BCUT2D eigenvalue weighted by Gasteiger charge is 2.03. The topological polar surface area (TPSA) is 92.7 Å². The lowest BCUT2D eigenvalue weighted by Gasteiger charge is -2.02. The smallest absolute Gasteiger partial charge is 0.152 e. The summed E-state index contributed by atoms with van der Waals surface area (Å²) in [5, 5.41) is 10.4. The Morgan fingerprint density at radius 1 is 0.850 bits per heavy atom. The van der Waals surface area contributed by atoms with Crippen LogP contribution < -0.4 is 16.8 Å². The molecule has 2 aromatic carbocycles. The van der Waals surface area contributed by atoms with Crippen molar-refractivity contribution in [2.45, 2.75) is 0 Å². The zero-order valence-corrected chi connectivity index (χ0v) is 10.8. The van der Waals surface area contributed by atoms with Crippen LogP contribution >= 0.6 is 0 Å². The second kappa shape index (κ2) is 4.97. The number of anilines is 4. The number of aromatic nitrogens is 2. The molecular weight excluding hydrogens is 250 g/mol. The standard InChI is InChI=1S/C15H15N5/c16-11-3-1-10(2-4-11)14-9-15(20-19-14)18-13-7-5-12(17)6-8-13/h1-9H,16-17H2,(H2,18,19,20). The van der Waals surface area contributed by atoms with E-state index < -0.39 is 0 Å². The van der Waals surface area contributed by atoms with Gasteiger partial charge in [-0.2, -0.15) is 5.10 Å². The molecule has 5 heteroatoms. The van der Waals surface area contributed by atoms with Gasteiger partial charge in [0.05, 0.1) is 5.69 Å². The zero-order chi connectivity index (χ0) is 13.9. The minimum absolute atomic E-state index is 0.736. The first-order chi connectivity index (χ1) is 9.70. The zero-order valence-electron chi connectivity index (χ0n) is 10.8. The first-order valence-corrected chi connectivity index (χ1v) is 6.24. The minimum Gasteiger partial charge on any atom is -0.399 e. The van der Waals surface area contributed by atoms with Crippen molar-refractivity contribution in [1.82, 2.24) is 10.2 Å². The van der Waals surface area contributed by atoms with Gasteiger partial charge in [0.25, 0.3) is 0 Å². The van der Waals surface area contributed by atoms with Crippen LogP contribution in [0.5, 0.6) is 0 Å². The van der Waals surface area contributed by atoms with E-state index in [9.17, 15) is 0 Å². The molecule has 1 heterocycles. The SMILES string of the molecule is Nc1ccc(Nc2cc(-c3ccc(N)cc3)[nH]n2)cc1. The number of aromatic amines is 1. The maximum Gasteiger partial charge on any atom is 0.152 e. The maximum atomic E-state index is 5.68. The third-order valence-corrected chi connectivity index (χ3v) is 2.98. The molecule has 0 saturated heterocycles. The lowest BCUT2D eigenvalue weighted by Crippen LogP contribution is -1.91. The normalized spacial score (nSPS) is 10.4. The van der Waals surface area contributed by atoms with Crippen molar-refractivity contribution in [3.8, 4) is 11.3 Å². The van der Waals surface area contributed by atoms with E-state index in [0.717, 1.165) is 34.1 Å². The van der Waals surface area contributed by atoms with Crippen molar-refractivity contribution in [2.24, 2.45) is 0 Å². The lowest BCUT2D eigenvalue weighted by molar-refractivity contribution is 1.10. The summed E-state index contributed by atoms with van der Waals surface area (Å²) in [6.07, 6.45) is 0. The third-order valence-electron chi connectivity index (χ3n) is 2.98. The number of nitrogen functional groups attached to an aromatic ring is 2. The number of hydrogen-bond acceptors (Lipinski definition) is 4. The van der Waals surface area contributed by atoms with Crippen LogP contribution in [0.4, 0.5) is 22.9 Å². The minimum atomic E-state index is 0.736. The van der Waals surface area contributed by atoms with Gasteiger partial charge in [-0.05, 0) is 42.0 Å². The van der Waals surface area contributed by atoms with E-state index in [1.54, 1.807) is 0 Å². The molecule has 0 aliphatic carbocycles. The first-order valence-electron chi connectivity index (χ1n) is 6.24. The van der Waals surface area contributed by atoms with Crippen LogP contribution in [-0.4, -0.2) is 10.2 Å². The summed E-state index contributed by atoms with van der Waals surface area (Å²) in [5.41, 5.74) is 15.7. The van der Waals surface area contributed by atoms with E-state index in [2.05, 4.69) is 15.5 Å². The Morgan fingerprint density at radius 3 is 2.10 bits per heavy atom. The fraction of sp³-hybridized carbons (Fsp3) is 0. The molecule has 0 aliphatic heterocycles. The highest BCUT2D eigenvalue weighted by Crippen LogP contribution is 2.23. The van der Waals surface area contributed by atoms with Crippen molar-refractivity contribution >= 4 is 22.9 Å². The van der Waals surface area contributed by atoms with Crippen molar-refractivity contribution in [1.29, 1.82) is 0 Å². The van der Waals surface area contributed by atoms with Crippen LogP contribution in [0.3, 0.4) is 0 Å². The van der Waals surface area contributed by atoms with Crippen LogP contribution in [0.2, 0.25) is 0 Å². The van der Waals surface area contributed by atoms with Crippen LogP contribution in [0.25, 0.3) is 11.3 Å². The van der Waals surface area contributed by atoms with Crippen molar-refractivity contribution < 1.29 is 0 Å². The van der Waals surface area contributed by atoms with E-state index in [4.69, 9.17) is 11.5 Å². The van der Waals surface area contributed by atoms with E-state index in [1.165, 1.54) is 0 Å². The van der Waals surface area contributed by atoms with Gasteiger partial charge >= 0.3 is 0 Å². The van der Waals surface area contributed by atoms with Crippen LogP contribution in [0.1, 0.15) is 0 Å². The van der Waals surface area contributed by atoms with Gasteiger partial charge in [0.2, 0.25) is 0 Å². The Balaban J connectivity index is 1.80. The molecule has 1 aromatic heterocycles. The second-order valence-electron chi connectivity index (χ2n) is 4.54. The molecule has 0 unspecified atom stereocenters. The maximum absolute atomic E-state index is 5.68. The highest BCUT2D eigenvalue weighted by molar-refractivity contribution is 5.67. The molecule has 0 atom stereocenters. The van der Waals surface area contributed by atoms with Gasteiger partial charge in [-0.3, -0.25) is 5.10 Å². The Hall–Kier alpha value is -2.95.